The van der Waals surface area contributed by atoms with Crippen LogP contribution in [0.3, 0.4) is 0 Å². The van der Waals surface area contributed by atoms with E-state index in [1.54, 1.807) is 23.5 Å². The van der Waals surface area contributed by atoms with Crippen molar-refractivity contribution in [3.8, 4) is 10.4 Å². The third-order valence-corrected chi connectivity index (χ3v) is 7.38. The number of carbonyl (C=O) groups is 2. The molecule has 1 aliphatic heterocycles. The molecule has 0 bridgehead atoms. The normalized spacial score (nSPS) is 15.7. The molecule has 1 aromatic heterocycles. The third kappa shape index (κ3) is 6.10. The lowest BCUT2D eigenvalue weighted by Crippen LogP contribution is -2.45. The molecule has 1 saturated heterocycles. The van der Waals surface area contributed by atoms with E-state index in [2.05, 4.69) is 22.5 Å². The van der Waals surface area contributed by atoms with Gasteiger partial charge in [0.25, 0.3) is 5.91 Å². The second-order valence-electron chi connectivity index (χ2n) is 9.64. The smallest absolute Gasteiger partial charge is 0.255 e. The number of nitrogens with two attached hydrogens (primary N) is 1. The largest absolute Gasteiger partial charge is 0.397 e. The van der Waals surface area contributed by atoms with E-state index in [1.165, 1.54) is 0 Å². The van der Waals surface area contributed by atoms with Gasteiger partial charge in [-0.15, -0.1) is 11.3 Å². The highest BCUT2D eigenvalue weighted by Crippen LogP contribution is 2.31. The van der Waals surface area contributed by atoms with Crippen molar-refractivity contribution in [3.05, 3.63) is 71.1 Å². The first-order chi connectivity index (χ1) is 16.8. The Hall–Kier alpha value is -3.16. The molecular formula is C28H34N4O2S. The third-order valence-electron chi connectivity index (χ3n) is 6.46. The van der Waals surface area contributed by atoms with E-state index < -0.39 is 0 Å². The molecule has 4 N–H and O–H groups in total. The van der Waals surface area contributed by atoms with Crippen molar-refractivity contribution in [3.63, 3.8) is 0 Å². The number of carbonyl (C=O) groups excluding carboxylic acids is 2. The molecule has 0 radical (unpaired) electrons. The number of nitrogens with zero attached hydrogens (tertiary/aromatic N) is 1. The van der Waals surface area contributed by atoms with Crippen molar-refractivity contribution in [1.29, 1.82) is 0 Å². The highest BCUT2D eigenvalue weighted by Gasteiger charge is 2.30. The predicted octanol–water partition coefficient (Wildman–Crippen LogP) is 5.55. The van der Waals surface area contributed by atoms with Gasteiger partial charge in [-0.1, -0.05) is 31.2 Å². The van der Waals surface area contributed by atoms with Crippen molar-refractivity contribution in [1.82, 2.24) is 10.2 Å². The lowest BCUT2D eigenvalue weighted by atomic mass is 9.95. The van der Waals surface area contributed by atoms with Crippen molar-refractivity contribution in [2.24, 2.45) is 5.92 Å². The van der Waals surface area contributed by atoms with Gasteiger partial charge in [0.15, 0.2) is 0 Å². The van der Waals surface area contributed by atoms with Crippen molar-refractivity contribution in [2.75, 3.05) is 24.1 Å². The molecule has 4 rings (SSSR count). The monoisotopic (exact) mass is 490 g/mol. The first-order valence-electron chi connectivity index (χ1n) is 12.2. The van der Waals surface area contributed by atoms with Crippen LogP contribution in [0.2, 0.25) is 0 Å². The molecule has 3 aromatic rings. The number of anilines is 2. The van der Waals surface area contributed by atoms with E-state index >= 15 is 0 Å². The van der Waals surface area contributed by atoms with Gasteiger partial charge in [0, 0.05) is 16.5 Å². The Morgan fingerprint density at radius 2 is 1.77 bits per heavy atom. The van der Waals surface area contributed by atoms with E-state index in [0.29, 0.717) is 22.9 Å². The van der Waals surface area contributed by atoms with Gasteiger partial charge in [0.2, 0.25) is 5.91 Å². The number of piperidine rings is 1. The van der Waals surface area contributed by atoms with E-state index in [-0.39, 0.29) is 23.9 Å². The minimum absolute atomic E-state index is 0.00456. The Balaban J connectivity index is 1.52. The van der Waals surface area contributed by atoms with Crippen LogP contribution < -0.4 is 16.4 Å². The summed E-state index contributed by atoms with van der Waals surface area (Å²) in [5.74, 6) is 0.448. The van der Waals surface area contributed by atoms with Crippen molar-refractivity contribution < 1.29 is 9.59 Å². The van der Waals surface area contributed by atoms with E-state index in [1.807, 2.05) is 61.7 Å². The summed E-state index contributed by atoms with van der Waals surface area (Å²) in [5.41, 5.74) is 9.66. The Kier molecular flexibility index (Phi) is 7.88. The van der Waals surface area contributed by atoms with E-state index in [9.17, 15) is 9.59 Å². The first kappa shape index (κ1) is 24.9. The Morgan fingerprint density at radius 3 is 2.40 bits per heavy atom. The maximum atomic E-state index is 13.1. The van der Waals surface area contributed by atoms with Crippen LogP contribution in [0.4, 0.5) is 11.4 Å². The topological polar surface area (TPSA) is 87.5 Å². The van der Waals surface area contributed by atoms with Gasteiger partial charge in [-0.2, -0.15) is 0 Å². The highest BCUT2D eigenvalue weighted by molar-refractivity contribution is 7.13. The number of likely N-dealkylation sites (tertiary alicyclic amines) is 1. The van der Waals surface area contributed by atoms with Crippen LogP contribution in [0.5, 0.6) is 0 Å². The minimum Gasteiger partial charge on any atom is -0.397 e. The maximum absolute atomic E-state index is 13.1. The van der Waals surface area contributed by atoms with Crippen LogP contribution in [0.25, 0.3) is 10.4 Å². The van der Waals surface area contributed by atoms with Gasteiger partial charge < -0.3 is 16.4 Å². The number of rotatable bonds is 7. The van der Waals surface area contributed by atoms with Crippen LogP contribution in [-0.4, -0.2) is 35.8 Å². The van der Waals surface area contributed by atoms with Crippen LogP contribution in [0, 0.1) is 5.92 Å². The Bertz CT molecular complexity index is 1150. The van der Waals surface area contributed by atoms with Crippen LogP contribution in [0.15, 0.2) is 60.0 Å². The summed E-state index contributed by atoms with van der Waals surface area (Å²) in [5, 5.41) is 8.03. The minimum atomic E-state index is -0.361. The van der Waals surface area contributed by atoms with Crippen LogP contribution in [-0.2, 0) is 4.79 Å². The van der Waals surface area contributed by atoms with Gasteiger partial charge >= 0.3 is 0 Å². The zero-order chi connectivity index (χ0) is 24.9. The fourth-order valence-electron chi connectivity index (χ4n) is 4.45. The molecule has 184 valence electrons. The van der Waals surface area contributed by atoms with Gasteiger partial charge in [-0.25, -0.2) is 0 Å². The van der Waals surface area contributed by atoms with Gasteiger partial charge in [-0.05, 0) is 92.5 Å². The molecular weight excluding hydrogens is 456 g/mol. The Labute approximate surface area is 211 Å². The summed E-state index contributed by atoms with van der Waals surface area (Å²) in [6, 6.07) is 16.8. The predicted molar refractivity (Wildman–Crippen MR) is 145 cm³/mol. The van der Waals surface area contributed by atoms with Gasteiger partial charge in [0.1, 0.15) is 6.04 Å². The van der Waals surface area contributed by atoms with E-state index in [0.717, 1.165) is 41.9 Å². The molecule has 1 aliphatic rings. The average Bonchev–Trinajstić information content (AvgIpc) is 3.37. The van der Waals surface area contributed by atoms with Crippen molar-refractivity contribution >= 4 is 34.5 Å². The molecule has 2 aromatic carbocycles. The molecule has 1 fully saturated rings. The molecule has 2 heterocycles. The fourth-order valence-corrected chi connectivity index (χ4v) is 5.17. The summed E-state index contributed by atoms with van der Waals surface area (Å²) in [7, 11) is 0. The SMILES string of the molecule is CC1CCN(C(C(=O)NC(C)C)c2ccc(C(=O)Nc3cc(-c4cccs4)ccc3N)cc2)CC1. The van der Waals surface area contributed by atoms with Crippen LogP contribution >= 0.6 is 11.3 Å². The highest BCUT2D eigenvalue weighted by atomic mass is 32.1. The molecule has 7 heteroatoms. The average molecular weight is 491 g/mol. The molecule has 2 amide bonds. The number of thiophene rings is 1. The molecule has 1 unspecified atom stereocenters. The van der Waals surface area contributed by atoms with Crippen molar-refractivity contribution in [2.45, 2.75) is 45.7 Å². The number of hydrogen-bond donors (Lipinski definition) is 3. The number of nitrogen functional groups attached to an aromatic ring is 1. The second kappa shape index (κ2) is 11.1. The molecule has 6 nitrogen and oxygen atoms in total. The number of benzene rings is 2. The number of hydrogen-bond acceptors (Lipinski definition) is 5. The molecule has 0 spiro atoms. The van der Waals surface area contributed by atoms with Gasteiger partial charge in [0.05, 0.1) is 11.4 Å². The number of amides is 2. The quantitative estimate of drug-likeness (QED) is 0.379. The van der Waals surface area contributed by atoms with Gasteiger partial charge in [-0.3, -0.25) is 14.5 Å². The fraction of sp³-hybridized carbons (Fsp3) is 0.357. The molecule has 0 saturated carbocycles. The Morgan fingerprint density at radius 1 is 1.06 bits per heavy atom. The van der Waals surface area contributed by atoms with E-state index in [4.69, 9.17) is 5.73 Å². The second-order valence-corrected chi connectivity index (χ2v) is 10.6. The molecule has 1 atom stereocenters. The lowest BCUT2D eigenvalue weighted by molar-refractivity contribution is -0.127. The molecule has 0 aliphatic carbocycles. The zero-order valence-corrected chi connectivity index (χ0v) is 21.4. The molecule has 35 heavy (non-hydrogen) atoms. The first-order valence-corrected chi connectivity index (χ1v) is 13.1. The summed E-state index contributed by atoms with van der Waals surface area (Å²) >= 11 is 1.64. The summed E-state index contributed by atoms with van der Waals surface area (Å²) in [6.45, 7) is 7.98. The standard InChI is InChI=1S/C28H34N4O2S/c1-18(2)30-28(34)26(32-14-12-19(3)13-15-32)20-6-8-21(9-7-20)27(33)31-24-17-22(10-11-23(24)29)25-5-4-16-35-25/h4-11,16-19,26H,12-15,29H2,1-3H3,(H,30,34)(H,31,33). The summed E-state index contributed by atoms with van der Waals surface area (Å²) < 4.78 is 0. The zero-order valence-electron chi connectivity index (χ0n) is 20.6. The maximum Gasteiger partial charge on any atom is 0.255 e. The summed E-state index contributed by atoms with van der Waals surface area (Å²) in [6.07, 6.45) is 2.16. The summed E-state index contributed by atoms with van der Waals surface area (Å²) in [4.78, 5) is 29.5. The number of nitrogens with one attached hydrogen (secondary N) is 2. The lowest BCUT2D eigenvalue weighted by Gasteiger charge is -2.36. The van der Waals surface area contributed by atoms with Crippen LogP contribution in [0.1, 0.15) is 55.6 Å².